The molecule has 1 aromatic rings. The van der Waals surface area contributed by atoms with Gasteiger partial charge in [0, 0.05) is 30.6 Å². The minimum atomic E-state index is 0.447. The van der Waals surface area contributed by atoms with Gasteiger partial charge in [-0.1, -0.05) is 0 Å². The van der Waals surface area contributed by atoms with E-state index in [9.17, 15) is 0 Å². The second kappa shape index (κ2) is 7.40. The molecule has 1 unspecified atom stereocenters. The first-order chi connectivity index (χ1) is 8.22. The maximum Gasteiger partial charge on any atom is 0.183 e. The molecule has 1 heterocycles. The molecular weight excluding hydrogens is 236 g/mol. The molecule has 0 aliphatic heterocycles. The predicted molar refractivity (Wildman–Crippen MR) is 72.0 cm³/mol. The molecule has 4 nitrogen and oxygen atoms in total. The molecule has 96 valence electrons. The van der Waals surface area contributed by atoms with Crippen LogP contribution in [0.25, 0.3) is 0 Å². The number of hydrogen-bond acceptors (Lipinski definition) is 5. The van der Waals surface area contributed by atoms with Gasteiger partial charge in [0.1, 0.15) is 0 Å². The van der Waals surface area contributed by atoms with E-state index in [1.54, 1.807) is 26.5 Å². The molecule has 17 heavy (non-hydrogen) atoms. The maximum absolute atomic E-state index is 5.33. The number of hydrogen-bond donors (Lipinski definition) is 1. The van der Waals surface area contributed by atoms with Crippen LogP contribution in [0.5, 0.6) is 11.5 Å². The first-order valence-corrected chi connectivity index (χ1v) is 6.90. The Morgan fingerprint density at radius 3 is 2.76 bits per heavy atom. The SMILES string of the molecule is COc1ccnc(CNC(C)CSC)c1OC. The average Bonchev–Trinajstić information content (AvgIpc) is 2.36. The molecule has 0 radical (unpaired) electrons. The largest absolute Gasteiger partial charge is 0.493 e. The van der Waals surface area contributed by atoms with Gasteiger partial charge in [0.25, 0.3) is 0 Å². The Morgan fingerprint density at radius 2 is 2.18 bits per heavy atom. The standard InChI is InChI=1S/C12H20N2O2S/c1-9(8-17-4)14-7-10-12(16-3)11(15-2)5-6-13-10/h5-6,9,14H,7-8H2,1-4H3. The minimum absolute atomic E-state index is 0.447. The first kappa shape index (κ1) is 14.1. The predicted octanol–water partition coefficient (Wildman–Crippen LogP) is 1.94. The van der Waals surface area contributed by atoms with Crippen LogP contribution < -0.4 is 14.8 Å². The monoisotopic (exact) mass is 256 g/mol. The van der Waals surface area contributed by atoms with Gasteiger partial charge in [-0.2, -0.15) is 11.8 Å². The normalized spacial score (nSPS) is 12.2. The topological polar surface area (TPSA) is 43.4 Å². The molecule has 0 spiro atoms. The molecule has 0 amide bonds. The molecule has 1 rings (SSSR count). The maximum atomic E-state index is 5.33. The summed E-state index contributed by atoms with van der Waals surface area (Å²) in [6.07, 6.45) is 3.83. The third kappa shape index (κ3) is 4.09. The quantitative estimate of drug-likeness (QED) is 0.807. The number of nitrogens with one attached hydrogen (secondary N) is 1. The van der Waals surface area contributed by atoms with E-state index in [0.29, 0.717) is 18.3 Å². The highest BCUT2D eigenvalue weighted by atomic mass is 32.2. The van der Waals surface area contributed by atoms with E-state index >= 15 is 0 Å². The molecule has 0 saturated heterocycles. The molecule has 0 aliphatic rings. The van der Waals surface area contributed by atoms with Gasteiger partial charge in [-0.05, 0) is 13.2 Å². The highest BCUT2D eigenvalue weighted by molar-refractivity contribution is 7.98. The summed E-state index contributed by atoms with van der Waals surface area (Å²) in [5, 5.41) is 3.41. The second-order valence-corrected chi connectivity index (χ2v) is 4.64. The van der Waals surface area contributed by atoms with Gasteiger partial charge in [0.15, 0.2) is 11.5 Å². The van der Waals surface area contributed by atoms with E-state index in [1.165, 1.54) is 0 Å². The van der Waals surface area contributed by atoms with Crippen molar-refractivity contribution < 1.29 is 9.47 Å². The van der Waals surface area contributed by atoms with Crippen LogP contribution in [0.15, 0.2) is 12.3 Å². The molecule has 0 bridgehead atoms. The summed E-state index contributed by atoms with van der Waals surface area (Å²) in [5.74, 6) is 2.50. The van der Waals surface area contributed by atoms with E-state index < -0.39 is 0 Å². The van der Waals surface area contributed by atoms with E-state index in [4.69, 9.17) is 9.47 Å². The Labute approximate surface area is 107 Å². The Morgan fingerprint density at radius 1 is 1.41 bits per heavy atom. The van der Waals surface area contributed by atoms with Crippen molar-refractivity contribution in [3.05, 3.63) is 18.0 Å². The third-order valence-electron chi connectivity index (χ3n) is 2.40. The molecule has 0 aliphatic carbocycles. The molecular formula is C12H20N2O2S. The van der Waals surface area contributed by atoms with Gasteiger partial charge >= 0.3 is 0 Å². The highest BCUT2D eigenvalue weighted by Crippen LogP contribution is 2.28. The summed E-state index contributed by atoms with van der Waals surface area (Å²) in [5.41, 5.74) is 0.875. The lowest BCUT2D eigenvalue weighted by Gasteiger charge is -2.15. The summed E-state index contributed by atoms with van der Waals surface area (Å²) >= 11 is 1.82. The van der Waals surface area contributed by atoms with E-state index in [0.717, 1.165) is 17.2 Å². The lowest BCUT2D eigenvalue weighted by Crippen LogP contribution is -2.28. The summed E-state index contributed by atoms with van der Waals surface area (Å²) in [6.45, 7) is 2.84. The number of aromatic nitrogens is 1. The van der Waals surface area contributed by atoms with Crippen LogP contribution in [0.4, 0.5) is 0 Å². The van der Waals surface area contributed by atoms with Crippen molar-refractivity contribution in [3.63, 3.8) is 0 Å². The van der Waals surface area contributed by atoms with Crippen molar-refractivity contribution in [2.75, 3.05) is 26.2 Å². The molecule has 5 heteroatoms. The lowest BCUT2D eigenvalue weighted by molar-refractivity contribution is 0.347. The van der Waals surface area contributed by atoms with E-state index in [2.05, 4.69) is 23.5 Å². The first-order valence-electron chi connectivity index (χ1n) is 5.51. The molecule has 1 aromatic heterocycles. The van der Waals surface area contributed by atoms with Crippen molar-refractivity contribution >= 4 is 11.8 Å². The lowest BCUT2D eigenvalue weighted by atomic mass is 10.3. The molecule has 1 atom stereocenters. The molecule has 0 saturated carbocycles. The Kier molecular flexibility index (Phi) is 6.15. The van der Waals surface area contributed by atoms with Crippen molar-refractivity contribution in [1.29, 1.82) is 0 Å². The highest BCUT2D eigenvalue weighted by Gasteiger charge is 2.11. The van der Waals surface area contributed by atoms with Crippen LogP contribution in [-0.2, 0) is 6.54 Å². The zero-order valence-corrected chi connectivity index (χ0v) is 11.6. The summed E-state index contributed by atoms with van der Waals surface area (Å²) in [7, 11) is 3.26. The summed E-state index contributed by atoms with van der Waals surface area (Å²) in [4.78, 5) is 4.32. The van der Waals surface area contributed by atoms with Gasteiger partial charge in [-0.15, -0.1) is 0 Å². The fourth-order valence-corrected chi connectivity index (χ4v) is 2.17. The van der Waals surface area contributed by atoms with Crippen LogP contribution in [0.3, 0.4) is 0 Å². The van der Waals surface area contributed by atoms with Crippen molar-refractivity contribution in [2.45, 2.75) is 19.5 Å². The molecule has 0 fully saturated rings. The second-order valence-electron chi connectivity index (χ2n) is 3.73. The fourth-order valence-electron chi connectivity index (χ4n) is 1.56. The van der Waals surface area contributed by atoms with Crippen molar-refractivity contribution in [2.24, 2.45) is 0 Å². The minimum Gasteiger partial charge on any atom is -0.493 e. The Balaban J connectivity index is 2.70. The van der Waals surface area contributed by atoms with E-state index in [1.807, 2.05) is 11.8 Å². The van der Waals surface area contributed by atoms with E-state index in [-0.39, 0.29) is 0 Å². The van der Waals surface area contributed by atoms with Crippen molar-refractivity contribution in [3.8, 4) is 11.5 Å². The van der Waals surface area contributed by atoms with Crippen molar-refractivity contribution in [1.82, 2.24) is 10.3 Å². The summed E-state index contributed by atoms with van der Waals surface area (Å²) in [6, 6.07) is 2.25. The Hall–Kier alpha value is -0.940. The number of nitrogens with zero attached hydrogens (tertiary/aromatic N) is 1. The van der Waals surface area contributed by atoms with Gasteiger partial charge in [-0.3, -0.25) is 4.98 Å². The fraction of sp³-hybridized carbons (Fsp3) is 0.583. The number of pyridine rings is 1. The van der Waals surface area contributed by atoms with Gasteiger partial charge < -0.3 is 14.8 Å². The van der Waals surface area contributed by atoms with Crippen LogP contribution in [0.1, 0.15) is 12.6 Å². The Bertz CT molecular complexity index is 347. The van der Waals surface area contributed by atoms with Crippen LogP contribution in [0, 0.1) is 0 Å². The zero-order chi connectivity index (χ0) is 12.7. The zero-order valence-electron chi connectivity index (χ0n) is 10.8. The number of rotatable bonds is 7. The van der Waals surface area contributed by atoms with Crippen LogP contribution in [0.2, 0.25) is 0 Å². The molecule has 0 aromatic carbocycles. The number of methoxy groups -OCH3 is 2. The van der Waals surface area contributed by atoms with Gasteiger partial charge in [-0.25, -0.2) is 0 Å². The smallest absolute Gasteiger partial charge is 0.183 e. The molecule has 1 N–H and O–H groups in total. The van der Waals surface area contributed by atoms with Gasteiger partial charge in [0.2, 0.25) is 0 Å². The summed E-state index contributed by atoms with van der Waals surface area (Å²) < 4.78 is 10.6. The van der Waals surface area contributed by atoms with Gasteiger partial charge in [0.05, 0.1) is 19.9 Å². The third-order valence-corrected chi connectivity index (χ3v) is 3.23. The number of ether oxygens (including phenoxy) is 2. The van der Waals surface area contributed by atoms with Crippen LogP contribution in [-0.4, -0.2) is 37.3 Å². The number of thioether (sulfide) groups is 1. The van der Waals surface area contributed by atoms with Crippen LogP contribution >= 0.6 is 11.8 Å². The average molecular weight is 256 g/mol.